The second kappa shape index (κ2) is 5.97. The highest BCUT2D eigenvalue weighted by molar-refractivity contribution is 6.31. The molecule has 0 aliphatic rings. The van der Waals surface area contributed by atoms with Gasteiger partial charge in [0.15, 0.2) is 0 Å². The number of hydrogen-bond acceptors (Lipinski definition) is 3. The number of alkyl halides is 3. The van der Waals surface area contributed by atoms with Crippen LogP contribution < -0.4 is 5.73 Å². The molecule has 1 rings (SSSR count). The lowest BCUT2D eigenvalue weighted by molar-refractivity contribution is -0.138. The molecular formula is C12H11ClF3NO2. The van der Waals surface area contributed by atoms with E-state index in [-0.39, 0.29) is 17.9 Å². The molecule has 0 spiro atoms. The van der Waals surface area contributed by atoms with E-state index in [1.54, 1.807) is 6.92 Å². The Balaban J connectivity index is 3.12. The van der Waals surface area contributed by atoms with Gasteiger partial charge in [-0.1, -0.05) is 17.7 Å². The van der Waals surface area contributed by atoms with E-state index in [4.69, 9.17) is 17.3 Å². The zero-order valence-corrected chi connectivity index (χ0v) is 10.7. The van der Waals surface area contributed by atoms with E-state index in [1.807, 2.05) is 0 Å². The summed E-state index contributed by atoms with van der Waals surface area (Å²) >= 11 is 5.47. The number of halogens is 4. The van der Waals surface area contributed by atoms with Gasteiger partial charge in [0, 0.05) is 11.8 Å². The molecule has 104 valence electrons. The van der Waals surface area contributed by atoms with Crippen LogP contribution in [-0.4, -0.2) is 12.6 Å². The third kappa shape index (κ3) is 4.17. The van der Waals surface area contributed by atoms with Crippen LogP contribution in [0.3, 0.4) is 0 Å². The molecule has 19 heavy (non-hydrogen) atoms. The lowest BCUT2D eigenvalue weighted by atomic mass is 10.1. The Morgan fingerprint density at radius 3 is 2.63 bits per heavy atom. The van der Waals surface area contributed by atoms with Crippen LogP contribution in [0.1, 0.15) is 18.1 Å². The number of nitrogens with two attached hydrogens (primary N) is 1. The molecule has 0 aliphatic heterocycles. The Hall–Kier alpha value is -1.69. The first-order valence-corrected chi connectivity index (χ1v) is 5.64. The first-order valence-electron chi connectivity index (χ1n) is 5.26. The predicted molar refractivity (Wildman–Crippen MR) is 65.3 cm³/mol. The highest BCUT2D eigenvalue weighted by atomic mass is 35.5. The van der Waals surface area contributed by atoms with Crippen molar-refractivity contribution in [3.05, 3.63) is 40.4 Å². The Kier molecular flexibility index (Phi) is 4.83. The molecule has 0 amide bonds. The van der Waals surface area contributed by atoms with Crippen LogP contribution in [0, 0.1) is 0 Å². The summed E-state index contributed by atoms with van der Waals surface area (Å²) in [6.45, 7) is 1.75. The lowest BCUT2D eigenvalue weighted by Gasteiger charge is -2.11. The topological polar surface area (TPSA) is 52.3 Å². The minimum atomic E-state index is -4.59. The van der Waals surface area contributed by atoms with Gasteiger partial charge in [-0.05, 0) is 24.6 Å². The minimum absolute atomic E-state index is 0.0461. The van der Waals surface area contributed by atoms with Gasteiger partial charge >= 0.3 is 12.1 Å². The second-order valence-electron chi connectivity index (χ2n) is 3.54. The van der Waals surface area contributed by atoms with E-state index in [2.05, 4.69) is 4.74 Å². The molecule has 2 N–H and O–H groups in total. The summed E-state index contributed by atoms with van der Waals surface area (Å²) in [7, 11) is 0. The summed E-state index contributed by atoms with van der Waals surface area (Å²) in [5, 5.41) is -0.430. The fourth-order valence-corrected chi connectivity index (χ4v) is 1.54. The molecule has 3 nitrogen and oxygen atoms in total. The van der Waals surface area contributed by atoms with Crippen LogP contribution >= 0.6 is 11.6 Å². The quantitative estimate of drug-likeness (QED) is 0.687. The van der Waals surface area contributed by atoms with Crippen LogP contribution in [0.4, 0.5) is 13.2 Å². The Morgan fingerprint density at radius 2 is 2.11 bits per heavy atom. The number of esters is 1. The van der Waals surface area contributed by atoms with Gasteiger partial charge in [0.1, 0.15) is 0 Å². The largest absolute Gasteiger partial charge is 0.463 e. The van der Waals surface area contributed by atoms with Crippen molar-refractivity contribution in [2.24, 2.45) is 5.73 Å². The fraction of sp³-hybridized carbons (Fsp3) is 0.250. The molecule has 0 atom stereocenters. The first kappa shape index (κ1) is 15.4. The molecule has 7 heteroatoms. The van der Waals surface area contributed by atoms with E-state index >= 15 is 0 Å². The molecule has 0 radical (unpaired) electrons. The molecule has 0 fully saturated rings. The normalized spacial score (nSPS) is 12.4. The zero-order chi connectivity index (χ0) is 14.6. The number of benzene rings is 1. The minimum Gasteiger partial charge on any atom is -0.463 e. The first-order chi connectivity index (χ1) is 8.75. The molecule has 0 bridgehead atoms. The molecule has 0 unspecified atom stereocenters. The van der Waals surface area contributed by atoms with Crippen LogP contribution in [0.15, 0.2) is 24.3 Å². The van der Waals surface area contributed by atoms with Crippen LogP contribution in [0.25, 0.3) is 5.70 Å². The van der Waals surface area contributed by atoms with Gasteiger partial charge in [-0.15, -0.1) is 0 Å². The van der Waals surface area contributed by atoms with Gasteiger partial charge in [-0.25, -0.2) is 4.79 Å². The Bertz CT molecular complexity index is 512. The van der Waals surface area contributed by atoms with Crippen molar-refractivity contribution in [3.63, 3.8) is 0 Å². The van der Waals surface area contributed by atoms with Crippen molar-refractivity contribution in [2.45, 2.75) is 13.1 Å². The van der Waals surface area contributed by atoms with Crippen molar-refractivity contribution in [1.29, 1.82) is 0 Å². The van der Waals surface area contributed by atoms with Crippen molar-refractivity contribution in [3.8, 4) is 0 Å². The maximum absolute atomic E-state index is 12.6. The van der Waals surface area contributed by atoms with Gasteiger partial charge < -0.3 is 10.5 Å². The smallest absolute Gasteiger partial charge is 0.417 e. The Labute approximate surface area is 112 Å². The van der Waals surface area contributed by atoms with Gasteiger partial charge in [0.25, 0.3) is 0 Å². The zero-order valence-electron chi connectivity index (χ0n) is 9.92. The molecule has 1 aromatic rings. The molecule has 0 aromatic heterocycles. The summed E-state index contributed by atoms with van der Waals surface area (Å²) in [4.78, 5) is 11.1. The maximum Gasteiger partial charge on any atom is 0.417 e. The average molecular weight is 294 g/mol. The number of carbonyl (C=O) groups is 1. The Morgan fingerprint density at radius 1 is 1.47 bits per heavy atom. The van der Waals surface area contributed by atoms with Crippen molar-refractivity contribution >= 4 is 23.3 Å². The standard InChI is InChI=1S/C12H11ClF3NO2/c1-2-19-11(18)6-10(17)7-3-4-9(13)8(5-7)12(14,15)16/h3-6H,2,17H2,1H3. The van der Waals surface area contributed by atoms with E-state index in [0.717, 1.165) is 18.2 Å². The molecule has 0 saturated carbocycles. The number of rotatable bonds is 3. The van der Waals surface area contributed by atoms with Crippen molar-refractivity contribution in [2.75, 3.05) is 6.61 Å². The molecule has 0 heterocycles. The third-order valence-corrected chi connectivity index (χ3v) is 2.49. The lowest BCUT2D eigenvalue weighted by Crippen LogP contribution is -2.09. The molecule has 0 saturated heterocycles. The highest BCUT2D eigenvalue weighted by Crippen LogP contribution is 2.35. The monoisotopic (exact) mass is 293 g/mol. The van der Waals surface area contributed by atoms with E-state index in [0.29, 0.717) is 0 Å². The summed E-state index contributed by atoms with van der Waals surface area (Å²) in [6.07, 6.45) is -3.66. The van der Waals surface area contributed by atoms with Crippen LogP contribution in [0.5, 0.6) is 0 Å². The number of hydrogen-bond donors (Lipinski definition) is 1. The van der Waals surface area contributed by atoms with Gasteiger partial charge in [-0.2, -0.15) is 13.2 Å². The SMILES string of the molecule is CCOC(=O)C=C(N)c1ccc(Cl)c(C(F)(F)F)c1. The van der Waals surface area contributed by atoms with Crippen molar-refractivity contribution in [1.82, 2.24) is 0 Å². The van der Waals surface area contributed by atoms with Gasteiger partial charge in [0.05, 0.1) is 17.2 Å². The summed E-state index contributed by atoms with van der Waals surface area (Å²) in [5.74, 6) is -0.719. The second-order valence-corrected chi connectivity index (χ2v) is 3.95. The number of carbonyl (C=O) groups excluding carboxylic acids is 1. The van der Waals surface area contributed by atoms with Gasteiger partial charge in [0.2, 0.25) is 0 Å². The van der Waals surface area contributed by atoms with Crippen molar-refractivity contribution < 1.29 is 22.7 Å². The summed E-state index contributed by atoms with van der Waals surface area (Å²) in [5.41, 5.74) is 4.45. The fourth-order valence-electron chi connectivity index (χ4n) is 1.32. The third-order valence-electron chi connectivity index (χ3n) is 2.17. The van der Waals surface area contributed by atoms with E-state index < -0.39 is 22.7 Å². The molecule has 1 aromatic carbocycles. The number of ether oxygens (including phenoxy) is 1. The van der Waals surface area contributed by atoms with Gasteiger partial charge in [-0.3, -0.25) is 0 Å². The average Bonchev–Trinajstić information content (AvgIpc) is 2.27. The van der Waals surface area contributed by atoms with E-state index in [1.165, 1.54) is 6.07 Å². The molecular weight excluding hydrogens is 283 g/mol. The van der Waals surface area contributed by atoms with Crippen LogP contribution in [0.2, 0.25) is 5.02 Å². The summed E-state index contributed by atoms with van der Waals surface area (Å²) < 4.78 is 42.5. The highest BCUT2D eigenvalue weighted by Gasteiger charge is 2.33. The van der Waals surface area contributed by atoms with E-state index in [9.17, 15) is 18.0 Å². The molecule has 0 aliphatic carbocycles. The maximum atomic E-state index is 12.6. The summed E-state index contributed by atoms with van der Waals surface area (Å²) in [6, 6.07) is 3.15. The van der Waals surface area contributed by atoms with Crippen LogP contribution in [-0.2, 0) is 15.7 Å². The predicted octanol–water partition coefficient (Wildman–Crippen LogP) is 3.22.